The molecule has 0 aliphatic carbocycles. The Kier molecular flexibility index (Phi) is 4.74. The van der Waals surface area contributed by atoms with Crippen LogP contribution in [0.1, 0.15) is 18.5 Å². The quantitative estimate of drug-likeness (QED) is 0.684. The summed E-state index contributed by atoms with van der Waals surface area (Å²) in [5.41, 5.74) is 1.80. The number of hydrogen-bond acceptors (Lipinski definition) is 4. The average Bonchev–Trinajstić information content (AvgIpc) is 3.34. The van der Waals surface area contributed by atoms with Crippen molar-refractivity contribution in [3.05, 3.63) is 58.9 Å². The van der Waals surface area contributed by atoms with Gasteiger partial charge in [-0.1, -0.05) is 28.4 Å². The van der Waals surface area contributed by atoms with Gasteiger partial charge >= 0.3 is 0 Å². The van der Waals surface area contributed by atoms with Gasteiger partial charge in [-0.3, -0.25) is 4.90 Å². The van der Waals surface area contributed by atoms with Gasteiger partial charge in [0.15, 0.2) is 0 Å². The number of aromatic nitrogens is 5. The molecule has 2 aromatic heterocycles. The summed E-state index contributed by atoms with van der Waals surface area (Å²) in [5.74, 6) is 0. The van der Waals surface area contributed by atoms with Crippen LogP contribution < -0.4 is 0 Å². The van der Waals surface area contributed by atoms with Crippen LogP contribution in [0.15, 0.2) is 43.1 Å². The van der Waals surface area contributed by atoms with E-state index in [4.69, 9.17) is 23.2 Å². The molecule has 130 valence electrons. The molecule has 1 saturated heterocycles. The van der Waals surface area contributed by atoms with Crippen LogP contribution in [-0.4, -0.2) is 42.0 Å². The molecule has 3 aromatic rings. The van der Waals surface area contributed by atoms with Gasteiger partial charge in [-0.2, -0.15) is 0 Å². The second-order valence-electron chi connectivity index (χ2n) is 6.28. The van der Waals surface area contributed by atoms with Gasteiger partial charge in [-0.25, -0.2) is 9.67 Å². The van der Waals surface area contributed by atoms with E-state index in [0.29, 0.717) is 16.1 Å². The molecule has 25 heavy (non-hydrogen) atoms. The first-order valence-electron chi connectivity index (χ1n) is 8.25. The zero-order valence-electron chi connectivity index (χ0n) is 13.6. The molecule has 1 aliphatic heterocycles. The average molecular weight is 377 g/mol. The Bertz CT molecular complexity index is 845. The Morgan fingerprint density at radius 1 is 1.20 bits per heavy atom. The van der Waals surface area contributed by atoms with Gasteiger partial charge in [-0.05, 0) is 37.6 Å². The third-order valence-corrected chi connectivity index (χ3v) is 5.29. The third kappa shape index (κ3) is 3.71. The van der Waals surface area contributed by atoms with Crippen LogP contribution in [0, 0.1) is 0 Å². The predicted molar refractivity (Wildman–Crippen MR) is 97.0 cm³/mol. The van der Waals surface area contributed by atoms with Gasteiger partial charge in [0.2, 0.25) is 0 Å². The predicted octanol–water partition coefficient (Wildman–Crippen LogP) is 3.44. The van der Waals surface area contributed by atoms with Gasteiger partial charge in [-0.15, -0.1) is 5.10 Å². The standard InChI is InChI=1S/C17H18Cl2N6/c18-16-4-3-14(8-17(16)19)25-10-13(21-22-25)9-24-6-1-2-15(24)11-23-7-5-20-12-23/h3-5,7-8,10,12,15H,1-2,6,9,11H2. The Balaban J connectivity index is 1.46. The molecule has 1 atom stereocenters. The number of benzene rings is 1. The lowest BCUT2D eigenvalue weighted by atomic mass is 10.2. The molecule has 1 aliphatic rings. The molecular formula is C17H18Cl2N6. The van der Waals surface area contributed by atoms with E-state index in [1.807, 2.05) is 31.0 Å². The number of nitrogens with zero attached hydrogens (tertiary/aromatic N) is 6. The lowest BCUT2D eigenvalue weighted by molar-refractivity contribution is 0.222. The largest absolute Gasteiger partial charge is 0.336 e. The molecule has 6 nitrogen and oxygen atoms in total. The number of halogens is 2. The molecule has 0 spiro atoms. The van der Waals surface area contributed by atoms with Crippen molar-refractivity contribution in [2.75, 3.05) is 6.54 Å². The topological polar surface area (TPSA) is 51.8 Å². The molecule has 3 heterocycles. The molecule has 0 bridgehead atoms. The van der Waals surface area contributed by atoms with Crippen LogP contribution in [-0.2, 0) is 13.1 Å². The molecule has 0 radical (unpaired) electrons. The van der Waals surface area contributed by atoms with E-state index in [0.717, 1.165) is 31.0 Å². The van der Waals surface area contributed by atoms with Crippen molar-refractivity contribution in [1.29, 1.82) is 0 Å². The first-order valence-corrected chi connectivity index (χ1v) is 9.01. The minimum atomic E-state index is 0.504. The summed E-state index contributed by atoms with van der Waals surface area (Å²) in [5, 5.41) is 9.58. The fourth-order valence-electron chi connectivity index (χ4n) is 3.28. The molecule has 0 N–H and O–H groups in total. The Morgan fingerprint density at radius 3 is 2.92 bits per heavy atom. The fraction of sp³-hybridized carbons (Fsp3) is 0.353. The highest BCUT2D eigenvalue weighted by molar-refractivity contribution is 6.42. The minimum absolute atomic E-state index is 0.504. The Morgan fingerprint density at radius 2 is 2.12 bits per heavy atom. The van der Waals surface area contributed by atoms with Gasteiger partial charge in [0.05, 0.1) is 34.0 Å². The first-order chi connectivity index (χ1) is 12.2. The maximum atomic E-state index is 6.09. The Hall–Kier alpha value is -1.89. The highest BCUT2D eigenvalue weighted by Crippen LogP contribution is 2.25. The van der Waals surface area contributed by atoms with E-state index >= 15 is 0 Å². The van der Waals surface area contributed by atoms with Crippen LogP contribution in [0.2, 0.25) is 10.0 Å². The van der Waals surface area contributed by atoms with E-state index in [9.17, 15) is 0 Å². The Labute approximate surface area is 156 Å². The van der Waals surface area contributed by atoms with Crippen LogP contribution in [0.3, 0.4) is 0 Å². The molecule has 4 rings (SSSR count). The summed E-state index contributed by atoms with van der Waals surface area (Å²) in [6, 6.07) is 5.94. The molecule has 8 heteroatoms. The molecule has 0 saturated carbocycles. The summed E-state index contributed by atoms with van der Waals surface area (Å²) in [6.45, 7) is 2.83. The fourth-order valence-corrected chi connectivity index (χ4v) is 3.57. The second-order valence-corrected chi connectivity index (χ2v) is 7.09. The van der Waals surface area contributed by atoms with E-state index < -0.39 is 0 Å². The number of rotatable bonds is 5. The number of imidazole rings is 1. The first kappa shape index (κ1) is 16.6. The van der Waals surface area contributed by atoms with E-state index in [1.54, 1.807) is 16.8 Å². The van der Waals surface area contributed by atoms with Crippen molar-refractivity contribution in [3.8, 4) is 5.69 Å². The zero-order valence-corrected chi connectivity index (χ0v) is 15.1. The van der Waals surface area contributed by atoms with Crippen LogP contribution >= 0.6 is 23.2 Å². The molecule has 1 fully saturated rings. The van der Waals surface area contributed by atoms with Crippen molar-refractivity contribution in [2.24, 2.45) is 0 Å². The molecule has 0 amide bonds. The molecule has 1 unspecified atom stereocenters. The van der Waals surface area contributed by atoms with E-state index in [2.05, 4.69) is 24.8 Å². The lowest BCUT2D eigenvalue weighted by Gasteiger charge is -2.23. The summed E-state index contributed by atoms with van der Waals surface area (Å²) in [6.07, 6.45) is 10.1. The number of hydrogen-bond donors (Lipinski definition) is 0. The normalized spacial score (nSPS) is 18.1. The monoisotopic (exact) mass is 376 g/mol. The molecule has 1 aromatic carbocycles. The SMILES string of the molecule is Clc1ccc(-n2cc(CN3CCCC3Cn3ccnc3)nn2)cc1Cl. The highest BCUT2D eigenvalue weighted by Gasteiger charge is 2.25. The van der Waals surface area contributed by atoms with Gasteiger partial charge in [0.25, 0.3) is 0 Å². The third-order valence-electron chi connectivity index (χ3n) is 4.55. The maximum Gasteiger partial charge on any atom is 0.0971 e. The van der Waals surface area contributed by atoms with Crippen LogP contribution in [0.5, 0.6) is 0 Å². The van der Waals surface area contributed by atoms with Crippen molar-refractivity contribution >= 4 is 23.2 Å². The maximum absolute atomic E-state index is 6.09. The van der Waals surface area contributed by atoms with Crippen molar-refractivity contribution in [3.63, 3.8) is 0 Å². The zero-order chi connectivity index (χ0) is 17.2. The minimum Gasteiger partial charge on any atom is -0.336 e. The van der Waals surface area contributed by atoms with Gasteiger partial charge in [0.1, 0.15) is 0 Å². The van der Waals surface area contributed by atoms with Gasteiger partial charge in [0, 0.05) is 31.5 Å². The van der Waals surface area contributed by atoms with Crippen molar-refractivity contribution < 1.29 is 0 Å². The smallest absolute Gasteiger partial charge is 0.0971 e. The summed E-state index contributed by atoms with van der Waals surface area (Å²) in [7, 11) is 0. The lowest BCUT2D eigenvalue weighted by Crippen LogP contribution is -2.32. The van der Waals surface area contributed by atoms with Gasteiger partial charge < -0.3 is 4.57 Å². The van der Waals surface area contributed by atoms with Crippen LogP contribution in [0.4, 0.5) is 0 Å². The van der Waals surface area contributed by atoms with E-state index in [1.165, 1.54) is 12.8 Å². The second kappa shape index (κ2) is 7.15. The summed E-state index contributed by atoms with van der Waals surface area (Å²) >= 11 is 12.1. The van der Waals surface area contributed by atoms with Crippen molar-refractivity contribution in [2.45, 2.75) is 32.0 Å². The van der Waals surface area contributed by atoms with Crippen LogP contribution in [0.25, 0.3) is 5.69 Å². The van der Waals surface area contributed by atoms with E-state index in [-0.39, 0.29) is 0 Å². The summed E-state index contributed by atoms with van der Waals surface area (Å²) in [4.78, 5) is 6.58. The number of likely N-dealkylation sites (tertiary alicyclic amines) is 1. The highest BCUT2D eigenvalue weighted by atomic mass is 35.5. The van der Waals surface area contributed by atoms with Crippen molar-refractivity contribution in [1.82, 2.24) is 29.4 Å². The molecular weight excluding hydrogens is 359 g/mol. The summed E-state index contributed by atoms with van der Waals surface area (Å²) < 4.78 is 3.87.